The third-order valence-corrected chi connectivity index (χ3v) is 2.28. The van der Waals surface area contributed by atoms with Crippen LogP contribution in [-0.4, -0.2) is 12.4 Å². The zero-order chi connectivity index (χ0) is 13.1. The lowest BCUT2D eigenvalue weighted by Crippen LogP contribution is -2.13. The minimum absolute atomic E-state index is 0.0878. The highest BCUT2D eigenvalue weighted by atomic mass is 16.5. The first-order chi connectivity index (χ1) is 7.82. The van der Waals surface area contributed by atoms with Gasteiger partial charge in [-0.2, -0.15) is 0 Å². The molecule has 0 unspecified atom stereocenters. The molecule has 0 aliphatic carbocycles. The van der Waals surface area contributed by atoms with Crippen molar-refractivity contribution < 1.29 is 14.3 Å². The van der Waals surface area contributed by atoms with Gasteiger partial charge in [-0.05, 0) is 23.1 Å². The maximum absolute atomic E-state index is 11.0. The normalized spacial score (nSPS) is 10.8. The Bertz CT molecular complexity index is 433. The fraction of sp³-hybridized carbons (Fsp3) is 0.385. The van der Waals surface area contributed by atoms with Gasteiger partial charge < -0.3 is 10.1 Å². The molecule has 0 spiro atoms. The van der Waals surface area contributed by atoms with Crippen LogP contribution in [0.5, 0.6) is 5.75 Å². The maximum Gasteiger partial charge on any atom is 0.298 e. The van der Waals surface area contributed by atoms with Gasteiger partial charge in [0, 0.05) is 18.7 Å². The molecule has 17 heavy (non-hydrogen) atoms. The Labute approximate surface area is 101 Å². The van der Waals surface area contributed by atoms with E-state index in [1.54, 1.807) is 12.1 Å². The number of carbonyl (C=O) groups is 2. The SMILES string of the molecule is CC(=O)Nc1cc(OC=O)cc(C(C)(C)C)c1. The molecule has 0 saturated carbocycles. The van der Waals surface area contributed by atoms with Crippen LogP contribution in [-0.2, 0) is 15.0 Å². The molecule has 4 nitrogen and oxygen atoms in total. The van der Waals surface area contributed by atoms with E-state index >= 15 is 0 Å². The van der Waals surface area contributed by atoms with Crippen molar-refractivity contribution in [2.75, 3.05) is 5.32 Å². The summed E-state index contributed by atoms with van der Waals surface area (Å²) >= 11 is 0. The number of hydrogen-bond acceptors (Lipinski definition) is 3. The summed E-state index contributed by atoms with van der Waals surface area (Å²) in [5.74, 6) is 0.268. The minimum atomic E-state index is -0.159. The number of benzene rings is 1. The number of rotatable bonds is 3. The van der Waals surface area contributed by atoms with Crippen LogP contribution in [0.4, 0.5) is 5.69 Å². The van der Waals surface area contributed by atoms with Crippen LogP contribution in [0.15, 0.2) is 18.2 Å². The third kappa shape index (κ3) is 3.90. The van der Waals surface area contributed by atoms with E-state index in [2.05, 4.69) is 5.32 Å². The van der Waals surface area contributed by atoms with Crippen LogP contribution >= 0.6 is 0 Å². The molecule has 0 aliphatic heterocycles. The molecule has 92 valence electrons. The Morgan fingerprint density at radius 2 is 1.94 bits per heavy atom. The summed E-state index contributed by atoms with van der Waals surface area (Å²) in [7, 11) is 0. The van der Waals surface area contributed by atoms with Crippen molar-refractivity contribution >= 4 is 18.1 Å². The zero-order valence-corrected chi connectivity index (χ0v) is 10.5. The van der Waals surface area contributed by atoms with Crippen molar-refractivity contribution in [1.29, 1.82) is 0 Å². The average Bonchev–Trinajstić information content (AvgIpc) is 2.15. The molecule has 0 atom stereocenters. The molecule has 0 bridgehead atoms. The summed E-state index contributed by atoms with van der Waals surface area (Å²) in [5, 5.41) is 2.68. The average molecular weight is 235 g/mol. The number of carbonyl (C=O) groups excluding carboxylic acids is 2. The first kappa shape index (κ1) is 13.2. The molecule has 1 aromatic carbocycles. The summed E-state index contributed by atoms with van der Waals surface area (Å²) in [5.41, 5.74) is 1.53. The van der Waals surface area contributed by atoms with Gasteiger partial charge in [-0.1, -0.05) is 20.8 Å². The van der Waals surface area contributed by atoms with Crippen molar-refractivity contribution in [1.82, 2.24) is 0 Å². The molecule has 1 aromatic rings. The number of anilines is 1. The molecular weight excluding hydrogens is 218 g/mol. The van der Waals surface area contributed by atoms with Gasteiger partial charge in [-0.15, -0.1) is 0 Å². The van der Waals surface area contributed by atoms with Crippen LogP contribution in [0.1, 0.15) is 33.3 Å². The molecule has 1 rings (SSSR count). The van der Waals surface area contributed by atoms with E-state index in [1.807, 2.05) is 26.8 Å². The monoisotopic (exact) mass is 235 g/mol. The van der Waals surface area contributed by atoms with E-state index in [4.69, 9.17) is 4.74 Å². The van der Waals surface area contributed by atoms with E-state index in [-0.39, 0.29) is 11.3 Å². The van der Waals surface area contributed by atoms with Crippen molar-refractivity contribution in [3.05, 3.63) is 23.8 Å². The highest BCUT2D eigenvalue weighted by Gasteiger charge is 2.16. The van der Waals surface area contributed by atoms with E-state index in [0.29, 0.717) is 17.9 Å². The zero-order valence-electron chi connectivity index (χ0n) is 10.5. The predicted molar refractivity (Wildman–Crippen MR) is 66.1 cm³/mol. The number of amides is 1. The molecule has 0 saturated heterocycles. The topological polar surface area (TPSA) is 55.4 Å². The van der Waals surface area contributed by atoms with Gasteiger partial charge in [0.25, 0.3) is 6.47 Å². The van der Waals surface area contributed by atoms with Crippen LogP contribution in [0, 0.1) is 0 Å². The smallest absolute Gasteiger partial charge is 0.298 e. The second-order valence-electron chi connectivity index (χ2n) is 4.89. The van der Waals surface area contributed by atoms with E-state index in [1.165, 1.54) is 6.92 Å². The second kappa shape index (κ2) is 4.99. The van der Waals surface area contributed by atoms with E-state index in [0.717, 1.165) is 5.56 Å². The van der Waals surface area contributed by atoms with Gasteiger partial charge in [0.2, 0.25) is 5.91 Å². The quantitative estimate of drug-likeness (QED) is 0.819. The Morgan fingerprint density at radius 3 is 2.41 bits per heavy atom. The largest absolute Gasteiger partial charge is 0.429 e. The predicted octanol–water partition coefficient (Wildman–Crippen LogP) is 2.48. The van der Waals surface area contributed by atoms with Crippen LogP contribution < -0.4 is 10.1 Å². The van der Waals surface area contributed by atoms with E-state index < -0.39 is 0 Å². The Hall–Kier alpha value is -1.84. The minimum Gasteiger partial charge on any atom is -0.429 e. The van der Waals surface area contributed by atoms with Crippen molar-refractivity contribution in [3.63, 3.8) is 0 Å². The van der Waals surface area contributed by atoms with Gasteiger partial charge in [0.05, 0.1) is 0 Å². The summed E-state index contributed by atoms with van der Waals surface area (Å²) in [6.07, 6.45) is 0. The van der Waals surface area contributed by atoms with Crippen LogP contribution in [0.3, 0.4) is 0 Å². The molecule has 1 N–H and O–H groups in total. The fourth-order valence-electron chi connectivity index (χ4n) is 1.43. The maximum atomic E-state index is 11.0. The lowest BCUT2D eigenvalue weighted by molar-refractivity contribution is -0.120. The van der Waals surface area contributed by atoms with Crippen molar-refractivity contribution in [2.45, 2.75) is 33.1 Å². The molecule has 4 heteroatoms. The van der Waals surface area contributed by atoms with Crippen molar-refractivity contribution in [3.8, 4) is 5.75 Å². The lowest BCUT2D eigenvalue weighted by Gasteiger charge is -2.20. The van der Waals surface area contributed by atoms with Gasteiger partial charge in [-0.3, -0.25) is 9.59 Å². The number of nitrogens with one attached hydrogen (secondary N) is 1. The Morgan fingerprint density at radius 1 is 1.29 bits per heavy atom. The highest BCUT2D eigenvalue weighted by Crippen LogP contribution is 2.29. The molecule has 1 amide bonds. The van der Waals surface area contributed by atoms with E-state index in [9.17, 15) is 9.59 Å². The molecule has 0 aromatic heterocycles. The molecular formula is C13H17NO3. The molecule has 0 heterocycles. The number of ether oxygens (including phenoxy) is 1. The van der Waals surface area contributed by atoms with Gasteiger partial charge in [0.1, 0.15) is 5.75 Å². The molecule has 0 aliphatic rings. The first-order valence-corrected chi connectivity index (χ1v) is 5.36. The van der Waals surface area contributed by atoms with Gasteiger partial charge >= 0.3 is 0 Å². The van der Waals surface area contributed by atoms with Crippen molar-refractivity contribution in [2.24, 2.45) is 0 Å². The first-order valence-electron chi connectivity index (χ1n) is 5.36. The summed E-state index contributed by atoms with van der Waals surface area (Å²) < 4.78 is 4.83. The second-order valence-corrected chi connectivity index (χ2v) is 4.89. The summed E-state index contributed by atoms with van der Waals surface area (Å²) in [6.45, 7) is 7.95. The highest BCUT2D eigenvalue weighted by molar-refractivity contribution is 5.89. The standard InChI is InChI=1S/C13H17NO3/c1-9(16)14-11-5-10(13(2,3)4)6-12(7-11)17-8-15/h5-8H,1-4H3,(H,14,16). The number of hydrogen-bond donors (Lipinski definition) is 1. The van der Waals surface area contributed by atoms with Crippen LogP contribution in [0.2, 0.25) is 0 Å². The van der Waals surface area contributed by atoms with Crippen LogP contribution in [0.25, 0.3) is 0 Å². The molecule has 0 radical (unpaired) electrons. The Balaban J connectivity index is 3.18. The lowest BCUT2D eigenvalue weighted by atomic mass is 9.86. The fourth-order valence-corrected chi connectivity index (χ4v) is 1.43. The van der Waals surface area contributed by atoms with Gasteiger partial charge in [0.15, 0.2) is 0 Å². The molecule has 0 fully saturated rings. The summed E-state index contributed by atoms with van der Waals surface area (Å²) in [6, 6.07) is 5.28. The Kier molecular flexibility index (Phi) is 3.89. The third-order valence-electron chi connectivity index (χ3n) is 2.28. The summed E-state index contributed by atoms with van der Waals surface area (Å²) in [4.78, 5) is 21.4. The van der Waals surface area contributed by atoms with Gasteiger partial charge in [-0.25, -0.2) is 0 Å².